The predicted molar refractivity (Wildman–Crippen MR) is 80.4 cm³/mol. The Balaban J connectivity index is 2.04. The average molecular weight is 295 g/mol. The van der Waals surface area contributed by atoms with Gasteiger partial charge in [0, 0.05) is 18.0 Å². The summed E-state index contributed by atoms with van der Waals surface area (Å²) < 4.78 is 5.39. The maximum absolute atomic E-state index is 11.1. The Bertz CT molecular complexity index is 478. The van der Waals surface area contributed by atoms with Crippen molar-refractivity contribution in [2.45, 2.75) is 24.3 Å². The van der Waals surface area contributed by atoms with Gasteiger partial charge in [0.15, 0.2) is 0 Å². The van der Waals surface area contributed by atoms with Gasteiger partial charge in [-0.3, -0.25) is 9.69 Å². The van der Waals surface area contributed by atoms with Gasteiger partial charge in [0.1, 0.15) is 5.75 Å². The lowest BCUT2D eigenvalue weighted by atomic mass is 9.98. The summed E-state index contributed by atoms with van der Waals surface area (Å²) in [5.41, 5.74) is 1.17. The van der Waals surface area contributed by atoms with E-state index in [9.17, 15) is 4.79 Å². The van der Waals surface area contributed by atoms with Crippen LogP contribution in [0.3, 0.4) is 0 Å². The number of likely N-dealkylation sites (tertiary alicyclic amines) is 1. The van der Waals surface area contributed by atoms with Crippen LogP contribution in [0.5, 0.6) is 5.75 Å². The van der Waals surface area contributed by atoms with Gasteiger partial charge in [-0.1, -0.05) is 6.07 Å². The van der Waals surface area contributed by atoms with E-state index in [1.807, 2.05) is 6.26 Å². The van der Waals surface area contributed by atoms with Crippen molar-refractivity contribution in [2.75, 3.05) is 26.5 Å². The molecule has 1 N–H and O–H groups in total. The number of thioether (sulfide) groups is 1. The standard InChI is InChI=1S/C15H21NO3S/c1-19-13-8-11(5-6-14(13)20-2)9-16-7-3-4-12(10-16)15(17)18/h5-6,8,12H,3-4,7,9-10H2,1-2H3,(H,17,18). The van der Waals surface area contributed by atoms with Gasteiger partial charge in [-0.25, -0.2) is 0 Å². The van der Waals surface area contributed by atoms with Gasteiger partial charge in [0.05, 0.1) is 13.0 Å². The number of rotatable bonds is 5. The van der Waals surface area contributed by atoms with Crippen LogP contribution >= 0.6 is 11.8 Å². The molecule has 1 aliphatic rings. The number of nitrogens with zero attached hydrogens (tertiary/aromatic N) is 1. The highest BCUT2D eigenvalue weighted by Gasteiger charge is 2.25. The number of hydrogen-bond acceptors (Lipinski definition) is 4. The van der Waals surface area contributed by atoms with Crippen LogP contribution in [-0.4, -0.2) is 42.4 Å². The van der Waals surface area contributed by atoms with E-state index < -0.39 is 5.97 Å². The number of carbonyl (C=O) groups is 1. The lowest BCUT2D eigenvalue weighted by Crippen LogP contribution is -2.38. The highest BCUT2D eigenvalue weighted by Crippen LogP contribution is 2.29. The third-order valence-corrected chi connectivity index (χ3v) is 4.49. The van der Waals surface area contributed by atoms with Crippen LogP contribution in [0.2, 0.25) is 0 Å². The topological polar surface area (TPSA) is 49.8 Å². The Morgan fingerprint density at radius 2 is 2.35 bits per heavy atom. The summed E-state index contributed by atoms with van der Waals surface area (Å²) in [5.74, 6) is -0.0112. The number of carboxylic acid groups (broad SMARTS) is 1. The summed E-state index contributed by atoms with van der Waals surface area (Å²) in [6.07, 6.45) is 3.77. The van der Waals surface area contributed by atoms with Crippen molar-refractivity contribution in [3.63, 3.8) is 0 Å². The molecule has 1 unspecified atom stereocenters. The molecule has 110 valence electrons. The molecule has 5 heteroatoms. The molecule has 1 fully saturated rings. The van der Waals surface area contributed by atoms with Gasteiger partial charge in [0.2, 0.25) is 0 Å². The molecule has 20 heavy (non-hydrogen) atoms. The van der Waals surface area contributed by atoms with E-state index in [0.717, 1.165) is 36.6 Å². The smallest absolute Gasteiger partial charge is 0.307 e. The molecule has 2 rings (SSSR count). The van der Waals surface area contributed by atoms with Gasteiger partial charge in [0.25, 0.3) is 0 Å². The minimum absolute atomic E-state index is 0.226. The molecule has 0 aliphatic carbocycles. The monoisotopic (exact) mass is 295 g/mol. The highest BCUT2D eigenvalue weighted by atomic mass is 32.2. The first kappa shape index (κ1) is 15.2. The summed E-state index contributed by atoms with van der Waals surface area (Å²) in [6, 6.07) is 6.21. The summed E-state index contributed by atoms with van der Waals surface area (Å²) in [6.45, 7) is 2.40. The van der Waals surface area contributed by atoms with Crippen LogP contribution in [0, 0.1) is 5.92 Å². The van der Waals surface area contributed by atoms with Crippen molar-refractivity contribution >= 4 is 17.7 Å². The molecule has 0 aromatic heterocycles. The highest BCUT2D eigenvalue weighted by molar-refractivity contribution is 7.98. The molecule has 0 bridgehead atoms. The third-order valence-electron chi connectivity index (χ3n) is 3.71. The Morgan fingerprint density at radius 3 is 3.00 bits per heavy atom. The third kappa shape index (κ3) is 3.67. The maximum Gasteiger partial charge on any atom is 0.307 e. The van der Waals surface area contributed by atoms with E-state index in [0.29, 0.717) is 6.54 Å². The molecule has 1 heterocycles. The lowest BCUT2D eigenvalue weighted by Gasteiger charge is -2.30. The fourth-order valence-electron chi connectivity index (χ4n) is 2.64. The number of aliphatic carboxylic acids is 1. The SMILES string of the molecule is COc1cc(CN2CCCC(C(=O)O)C2)ccc1SC. The number of carboxylic acids is 1. The molecule has 0 saturated carbocycles. The van der Waals surface area contributed by atoms with E-state index in [2.05, 4.69) is 23.1 Å². The fourth-order valence-corrected chi connectivity index (χ4v) is 3.19. The van der Waals surface area contributed by atoms with Crippen LogP contribution in [0.4, 0.5) is 0 Å². The second-order valence-electron chi connectivity index (χ2n) is 5.10. The lowest BCUT2D eigenvalue weighted by molar-refractivity contribution is -0.143. The van der Waals surface area contributed by atoms with Crippen molar-refractivity contribution < 1.29 is 14.6 Å². The molecule has 1 aromatic rings. The van der Waals surface area contributed by atoms with Gasteiger partial charge in [-0.2, -0.15) is 0 Å². The second-order valence-corrected chi connectivity index (χ2v) is 5.95. The van der Waals surface area contributed by atoms with Gasteiger partial charge in [-0.15, -0.1) is 11.8 Å². The maximum atomic E-state index is 11.1. The van der Waals surface area contributed by atoms with Crippen molar-refractivity contribution in [2.24, 2.45) is 5.92 Å². The number of hydrogen-bond donors (Lipinski definition) is 1. The zero-order valence-electron chi connectivity index (χ0n) is 12.0. The summed E-state index contributed by atoms with van der Waals surface area (Å²) in [5, 5.41) is 9.12. The second kappa shape index (κ2) is 6.99. The number of methoxy groups -OCH3 is 1. The first-order valence-corrected chi connectivity index (χ1v) is 8.02. The normalized spacial score (nSPS) is 19.8. The minimum Gasteiger partial charge on any atom is -0.496 e. The molecule has 0 radical (unpaired) electrons. The Kier molecular flexibility index (Phi) is 5.31. The molecular weight excluding hydrogens is 274 g/mol. The summed E-state index contributed by atoms with van der Waals surface area (Å²) >= 11 is 1.66. The Hall–Kier alpha value is -1.20. The summed E-state index contributed by atoms with van der Waals surface area (Å²) in [7, 11) is 1.68. The first-order chi connectivity index (χ1) is 9.63. The van der Waals surface area contributed by atoms with E-state index in [1.165, 1.54) is 5.56 Å². The molecule has 1 aromatic carbocycles. The van der Waals surface area contributed by atoms with E-state index in [4.69, 9.17) is 9.84 Å². The van der Waals surface area contributed by atoms with Gasteiger partial charge >= 0.3 is 5.97 Å². The first-order valence-electron chi connectivity index (χ1n) is 6.80. The number of piperidine rings is 1. The molecule has 0 amide bonds. The molecule has 1 aliphatic heterocycles. The van der Waals surface area contributed by atoms with Gasteiger partial charge in [-0.05, 0) is 43.3 Å². The zero-order valence-corrected chi connectivity index (χ0v) is 12.8. The summed E-state index contributed by atoms with van der Waals surface area (Å²) in [4.78, 5) is 14.4. The Morgan fingerprint density at radius 1 is 1.55 bits per heavy atom. The van der Waals surface area contributed by atoms with Crippen molar-refractivity contribution in [1.82, 2.24) is 4.90 Å². The van der Waals surface area contributed by atoms with Crippen molar-refractivity contribution in [3.05, 3.63) is 23.8 Å². The molecule has 4 nitrogen and oxygen atoms in total. The van der Waals surface area contributed by atoms with E-state index in [1.54, 1.807) is 18.9 Å². The van der Waals surface area contributed by atoms with Crippen LogP contribution in [-0.2, 0) is 11.3 Å². The number of ether oxygens (including phenoxy) is 1. The van der Waals surface area contributed by atoms with Crippen molar-refractivity contribution in [3.8, 4) is 5.75 Å². The largest absolute Gasteiger partial charge is 0.496 e. The van der Waals surface area contributed by atoms with E-state index in [-0.39, 0.29) is 5.92 Å². The average Bonchev–Trinajstić information content (AvgIpc) is 2.47. The predicted octanol–water partition coefficient (Wildman–Crippen LogP) is 2.71. The van der Waals surface area contributed by atoms with Crippen LogP contribution in [0.1, 0.15) is 18.4 Å². The van der Waals surface area contributed by atoms with Crippen LogP contribution in [0.15, 0.2) is 23.1 Å². The molecule has 0 spiro atoms. The fraction of sp³-hybridized carbons (Fsp3) is 0.533. The van der Waals surface area contributed by atoms with E-state index >= 15 is 0 Å². The van der Waals surface area contributed by atoms with Crippen LogP contribution in [0.25, 0.3) is 0 Å². The quantitative estimate of drug-likeness (QED) is 0.846. The minimum atomic E-state index is -0.676. The van der Waals surface area contributed by atoms with Gasteiger partial charge < -0.3 is 9.84 Å². The zero-order chi connectivity index (χ0) is 14.5. The van der Waals surface area contributed by atoms with Crippen LogP contribution < -0.4 is 4.74 Å². The number of benzene rings is 1. The van der Waals surface area contributed by atoms with Crippen molar-refractivity contribution in [1.29, 1.82) is 0 Å². The Labute approximate surface area is 124 Å². The molecule has 1 saturated heterocycles. The molecule has 1 atom stereocenters. The molecular formula is C15H21NO3S.